The number of nitrogens with zero attached hydrogens (tertiary/aromatic N) is 1. The number of hydrogen-bond acceptors (Lipinski definition) is 2. The van der Waals surface area contributed by atoms with Crippen molar-refractivity contribution in [3.05, 3.63) is 27.8 Å². The van der Waals surface area contributed by atoms with Gasteiger partial charge < -0.3 is 14.8 Å². The molecule has 0 saturated heterocycles. The normalized spacial score (nSPS) is 10.9. The van der Waals surface area contributed by atoms with Crippen LogP contribution in [-0.2, 0) is 11.3 Å². The summed E-state index contributed by atoms with van der Waals surface area (Å²) in [5.74, 6) is -0.940. The summed E-state index contributed by atoms with van der Waals surface area (Å²) in [4.78, 5) is 10.6. The molecule has 0 aliphatic heterocycles. The number of aromatic nitrogens is 1. The van der Waals surface area contributed by atoms with Crippen molar-refractivity contribution in [2.24, 2.45) is 0 Å². The lowest BCUT2D eigenvalue weighted by atomic mass is 10.2. The molecule has 2 rings (SSSR count). The Morgan fingerprint density at radius 1 is 1.50 bits per heavy atom. The molecule has 0 bridgehead atoms. The minimum atomic E-state index is -0.976. The minimum Gasteiger partial charge on any atom is -0.506 e. The van der Waals surface area contributed by atoms with Crippen molar-refractivity contribution in [1.29, 1.82) is 0 Å². The number of rotatable bonds is 2. The number of fused-ring (bicyclic) bond motifs is 1. The summed E-state index contributed by atoms with van der Waals surface area (Å²) < 4.78 is 2.09. The fourth-order valence-electron chi connectivity index (χ4n) is 1.54. The highest BCUT2D eigenvalue weighted by molar-refractivity contribution is 9.10. The van der Waals surface area contributed by atoms with E-state index in [1.807, 2.05) is 0 Å². The van der Waals surface area contributed by atoms with Gasteiger partial charge in [0.15, 0.2) is 0 Å². The second kappa shape index (κ2) is 3.99. The second-order valence-electron chi connectivity index (χ2n) is 3.32. The molecule has 1 aromatic carbocycles. The standard InChI is InChI=1S/C10H7BrClNO3/c11-6-1-5-8(2-7(6)12)13(3-9(5)14)4-10(15)16/h1-3,14H,4H2,(H,15,16). The third kappa shape index (κ3) is 1.88. The molecule has 0 fully saturated rings. The van der Waals surface area contributed by atoms with E-state index in [0.29, 0.717) is 20.4 Å². The average Bonchev–Trinajstić information content (AvgIpc) is 2.44. The molecule has 2 N–H and O–H groups in total. The summed E-state index contributed by atoms with van der Waals surface area (Å²) in [5, 5.41) is 19.4. The van der Waals surface area contributed by atoms with Gasteiger partial charge in [0.2, 0.25) is 0 Å². The molecule has 1 heterocycles. The van der Waals surface area contributed by atoms with E-state index < -0.39 is 5.97 Å². The lowest BCUT2D eigenvalue weighted by Crippen LogP contribution is -2.07. The zero-order chi connectivity index (χ0) is 11.9. The fraction of sp³-hybridized carbons (Fsp3) is 0.100. The monoisotopic (exact) mass is 303 g/mol. The van der Waals surface area contributed by atoms with Gasteiger partial charge in [-0.1, -0.05) is 11.6 Å². The highest BCUT2D eigenvalue weighted by Crippen LogP contribution is 2.34. The van der Waals surface area contributed by atoms with Crippen molar-refractivity contribution in [2.45, 2.75) is 6.54 Å². The maximum Gasteiger partial charge on any atom is 0.323 e. The first-order valence-corrected chi connectivity index (χ1v) is 5.55. The summed E-state index contributed by atoms with van der Waals surface area (Å²) in [5.41, 5.74) is 0.591. The number of carboxylic acid groups (broad SMARTS) is 1. The van der Waals surface area contributed by atoms with E-state index in [-0.39, 0.29) is 12.3 Å². The van der Waals surface area contributed by atoms with Crippen LogP contribution in [0.2, 0.25) is 5.02 Å². The molecule has 16 heavy (non-hydrogen) atoms. The summed E-state index contributed by atoms with van der Waals surface area (Å²) in [6, 6.07) is 3.27. The molecule has 0 spiro atoms. The minimum absolute atomic E-state index is 0.0358. The Morgan fingerprint density at radius 2 is 2.19 bits per heavy atom. The van der Waals surface area contributed by atoms with Gasteiger partial charge in [0.25, 0.3) is 0 Å². The van der Waals surface area contributed by atoms with Gasteiger partial charge in [0.1, 0.15) is 12.3 Å². The smallest absolute Gasteiger partial charge is 0.323 e. The maximum atomic E-state index is 10.6. The van der Waals surface area contributed by atoms with E-state index in [1.54, 1.807) is 12.1 Å². The Hall–Kier alpha value is -1.20. The molecule has 0 aliphatic carbocycles. The topological polar surface area (TPSA) is 62.5 Å². The number of halogens is 2. The van der Waals surface area contributed by atoms with Gasteiger partial charge in [-0.3, -0.25) is 4.79 Å². The van der Waals surface area contributed by atoms with Crippen LogP contribution in [0.25, 0.3) is 10.9 Å². The highest BCUT2D eigenvalue weighted by atomic mass is 79.9. The van der Waals surface area contributed by atoms with Crippen molar-refractivity contribution in [1.82, 2.24) is 4.57 Å². The maximum absolute atomic E-state index is 10.6. The Labute approximate surface area is 104 Å². The van der Waals surface area contributed by atoms with E-state index >= 15 is 0 Å². The van der Waals surface area contributed by atoms with E-state index in [4.69, 9.17) is 16.7 Å². The van der Waals surface area contributed by atoms with Gasteiger partial charge >= 0.3 is 5.97 Å². The Morgan fingerprint density at radius 3 is 2.81 bits per heavy atom. The molecule has 4 nitrogen and oxygen atoms in total. The molecule has 0 aliphatic rings. The van der Waals surface area contributed by atoms with Crippen LogP contribution in [0.3, 0.4) is 0 Å². The number of aliphatic carboxylic acids is 1. The number of aromatic hydroxyl groups is 1. The Bertz CT molecular complexity index is 579. The summed E-state index contributed by atoms with van der Waals surface area (Å²) >= 11 is 9.16. The van der Waals surface area contributed by atoms with Gasteiger partial charge in [-0.25, -0.2) is 0 Å². The van der Waals surface area contributed by atoms with Crippen molar-refractivity contribution in [2.75, 3.05) is 0 Å². The first kappa shape index (κ1) is 11.3. The number of carbonyl (C=O) groups is 1. The van der Waals surface area contributed by atoms with Crippen LogP contribution in [0.15, 0.2) is 22.8 Å². The molecule has 6 heteroatoms. The van der Waals surface area contributed by atoms with Gasteiger partial charge in [0, 0.05) is 16.1 Å². The van der Waals surface area contributed by atoms with E-state index in [9.17, 15) is 9.90 Å². The lowest BCUT2D eigenvalue weighted by molar-refractivity contribution is -0.137. The van der Waals surface area contributed by atoms with Crippen LogP contribution in [0.5, 0.6) is 5.75 Å². The van der Waals surface area contributed by atoms with Gasteiger partial charge in [-0.05, 0) is 28.1 Å². The molecular weight excluding hydrogens is 297 g/mol. The number of hydrogen-bond donors (Lipinski definition) is 2. The number of benzene rings is 1. The fourth-order valence-corrected chi connectivity index (χ4v) is 2.04. The van der Waals surface area contributed by atoms with Gasteiger partial charge in [-0.15, -0.1) is 0 Å². The average molecular weight is 305 g/mol. The largest absolute Gasteiger partial charge is 0.506 e. The first-order valence-electron chi connectivity index (χ1n) is 4.37. The van der Waals surface area contributed by atoms with Crippen LogP contribution >= 0.6 is 27.5 Å². The number of carboxylic acids is 1. The van der Waals surface area contributed by atoms with E-state index in [1.165, 1.54) is 10.8 Å². The van der Waals surface area contributed by atoms with Crippen LogP contribution in [-0.4, -0.2) is 20.7 Å². The van der Waals surface area contributed by atoms with Gasteiger partial charge in [0.05, 0.1) is 10.5 Å². The van der Waals surface area contributed by atoms with E-state index in [0.717, 1.165) is 0 Å². The molecule has 84 valence electrons. The predicted octanol–water partition coefficient (Wildman–Crippen LogP) is 2.85. The van der Waals surface area contributed by atoms with Crippen molar-refractivity contribution < 1.29 is 15.0 Å². The summed E-state index contributed by atoms with van der Waals surface area (Å²) in [6.45, 7) is -0.213. The second-order valence-corrected chi connectivity index (χ2v) is 4.58. The Kier molecular flexibility index (Phi) is 2.82. The molecule has 0 amide bonds. The SMILES string of the molecule is O=C(O)Cn1cc(O)c2cc(Br)c(Cl)cc21. The predicted molar refractivity (Wildman–Crippen MR) is 63.9 cm³/mol. The quantitative estimate of drug-likeness (QED) is 0.897. The zero-order valence-electron chi connectivity index (χ0n) is 7.94. The molecule has 0 atom stereocenters. The van der Waals surface area contributed by atoms with Crippen molar-refractivity contribution >= 4 is 44.4 Å². The Balaban J connectivity index is 2.68. The molecule has 0 radical (unpaired) electrons. The van der Waals surface area contributed by atoms with Crippen molar-refractivity contribution in [3.63, 3.8) is 0 Å². The molecule has 0 unspecified atom stereocenters. The summed E-state index contributed by atoms with van der Waals surface area (Å²) in [7, 11) is 0. The third-order valence-corrected chi connectivity index (χ3v) is 3.40. The van der Waals surface area contributed by atoms with Crippen LogP contribution in [0.1, 0.15) is 0 Å². The first-order chi connectivity index (χ1) is 7.49. The third-order valence-electron chi connectivity index (χ3n) is 2.21. The van der Waals surface area contributed by atoms with Crippen molar-refractivity contribution in [3.8, 4) is 5.75 Å². The van der Waals surface area contributed by atoms with Crippen LogP contribution < -0.4 is 0 Å². The summed E-state index contributed by atoms with van der Waals surface area (Å²) in [6.07, 6.45) is 1.38. The van der Waals surface area contributed by atoms with Crippen LogP contribution in [0.4, 0.5) is 0 Å². The zero-order valence-corrected chi connectivity index (χ0v) is 10.3. The van der Waals surface area contributed by atoms with Crippen LogP contribution in [0, 0.1) is 0 Å². The molecule has 2 aromatic rings. The highest BCUT2D eigenvalue weighted by Gasteiger charge is 2.12. The molecular formula is C10H7BrClNO3. The van der Waals surface area contributed by atoms with Gasteiger partial charge in [-0.2, -0.15) is 0 Å². The lowest BCUT2D eigenvalue weighted by Gasteiger charge is -2.02. The van der Waals surface area contributed by atoms with E-state index in [2.05, 4.69) is 15.9 Å². The molecule has 0 saturated carbocycles. The molecule has 1 aromatic heterocycles.